The van der Waals surface area contributed by atoms with Gasteiger partial charge in [0.15, 0.2) is 0 Å². The zero-order valence-corrected chi connectivity index (χ0v) is 17.1. The second-order valence-corrected chi connectivity index (χ2v) is 8.04. The minimum absolute atomic E-state index is 0.137. The van der Waals surface area contributed by atoms with Crippen LogP contribution in [-0.2, 0) is 6.42 Å². The van der Waals surface area contributed by atoms with Crippen molar-refractivity contribution in [3.8, 4) is 10.6 Å². The van der Waals surface area contributed by atoms with Gasteiger partial charge in [0.1, 0.15) is 15.7 Å². The van der Waals surface area contributed by atoms with Crippen LogP contribution >= 0.6 is 11.3 Å². The van der Waals surface area contributed by atoms with Crippen molar-refractivity contribution in [1.29, 1.82) is 0 Å². The predicted octanol–water partition coefficient (Wildman–Crippen LogP) is 4.93. The van der Waals surface area contributed by atoms with Crippen molar-refractivity contribution in [2.75, 3.05) is 23.3 Å². The lowest BCUT2D eigenvalue weighted by Crippen LogP contribution is -2.19. The molecule has 1 N–H and O–H groups in total. The summed E-state index contributed by atoms with van der Waals surface area (Å²) in [6, 6.07) is 12.2. The summed E-state index contributed by atoms with van der Waals surface area (Å²) in [5.41, 5.74) is 3.79. The monoisotopic (exact) mass is 392 g/mol. The summed E-state index contributed by atoms with van der Waals surface area (Å²) >= 11 is 1.43. The van der Waals surface area contributed by atoms with Crippen molar-refractivity contribution in [2.24, 2.45) is 0 Å². The van der Waals surface area contributed by atoms with Gasteiger partial charge in [0, 0.05) is 18.7 Å². The number of pyridine rings is 1. The SMILES string of the molecule is CCc1ccc(-c2nc(C)c(C(=O)Nc3ccc(N4CCCC4)nc3)s2)cc1. The summed E-state index contributed by atoms with van der Waals surface area (Å²) in [7, 11) is 0. The van der Waals surface area contributed by atoms with Crippen molar-refractivity contribution in [2.45, 2.75) is 33.1 Å². The molecule has 6 heteroatoms. The Morgan fingerprint density at radius 2 is 1.89 bits per heavy atom. The third-order valence-corrected chi connectivity index (χ3v) is 6.25. The first kappa shape index (κ1) is 18.6. The average Bonchev–Trinajstić information content (AvgIpc) is 3.39. The van der Waals surface area contributed by atoms with Gasteiger partial charge in [0.2, 0.25) is 0 Å². The van der Waals surface area contributed by atoms with Crippen LogP contribution in [0.2, 0.25) is 0 Å². The molecule has 1 aliphatic heterocycles. The molecule has 0 radical (unpaired) electrons. The molecule has 1 saturated heterocycles. The molecule has 3 heterocycles. The molecule has 28 heavy (non-hydrogen) atoms. The van der Waals surface area contributed by atoms with E-state index in [1.54, 1.807) is 6.20 Å². The lowest BCUT2D eigenvalue weighted by atomic mass is 10.1. The molecule has 3 aromatic rings. The number of benzene rings is 1. The Kier molecular flexibility index (Phi) is 5.39. The topological polar surface area (TPSA) is 58.1 Å². The van der Waals surface area contributed by atoms with E-state index in [2.05, 4.69) is 51.4 Å². The number of nitrogens with one attached hydrogen (secondary N) is 1. The molecule has 1 aliphatic rings. The van der Waals surface area contributed by atoms with Gasteiger partial charge in [0.25, 0.3) is 5.91 Å². The third kappa shape index (κ3) is 3.92. The summed E-state index contributed by atoms with van der Waals surface area (Å²) in [6.07, 6.45) is 5.17. The highest BCUT2D eigenvalue weighted by atomic mass is 32.1. The first-order valence-corrected chi connectivity index (χ1v) is 10.5. The van der Waals surface area contributed by atoms with E-state index in [-0.39, 0.29) is 5.91 Å². The molecule has 0 bridgehead atoms. The number of hydrogen-bond acceptors (Lipinski definition) is 5. The Bertz CT molecular complexity index is 957. The second kappa shape index (κ2) is 8.10. The fraction of sp³-hybridized carbons (Fsp3) is 0.318. The summed E-state index contributed by atoms with van der Waals surface area (Å²) in [6.45, 7) is 6.13. The predicted molar refractivity (Wildman–Crippen MR) is 115 cm³/mol. The standard InChI is InChI=1S/C22H24N4OS/c1-3-16-6-8-17(9-7-16)22-24-15(2)20(28-22)21(27)25-18-10-11-19(23-14-18)26-12-4-5-13-26/h6-11,14H,3-5,12-13H2,1-2H3,(H,25,27). The van der Waals surface area contributed by atoms with Crippen LogP contribution in [0.15, 0.2) is 42.6 Å². The first-order valence-electron chi connectivity index (χ1n) is 9.73. The quantitative estimate of drug-likeness (QED) is 0.669. The molecule has 0 unspecified atom stereocenters. The van der Waals surface area contributed by atoms with E-state index < -0.39 is 0 Å². The maximum atomic E-state index is 12.7. The Balaban J connectivity index is 1.47. The number of aryl methyl sites for hydroxylation is 2. The smallest absolute Gasteiger partial charge is 0.267 e. The number of anilines is 2. The zero-order valence-electron chi connectivity index (χ0n) is 16.2. The van der Waals surface area contributed by atoms with Crippen LogP contribution in [0.5, 0.6) is 0 Å². The Labute approximate surface area is 169 Å². The molecule has 1 aromatic carbocycles. The molecule has 0 atom stereocenters. The molecule has 0 saturated carbocycles. The van der Waals surface area contributed by atoms with E-state index in [1.165, 1.54) is 29.7 Å². The molecular formula is C22H24N4OS. The lowest BCUT2D eigenvalue weighted by Gasteiger charge is -2.16. The van der Waals surface area contributed by atoms with Crippen LogP contribution in [0, 0.1) is 6.92 Å². The molecule has 0 aliphatic carbocycles. The van der Waals surface area contributed by atoms with Gasteiger partial charge in [-0.25, -0.2) is 9.97 Å². The third-order valence-electron chi connectivity index (χ3n) is 5.05. The van der Waals surface area contributed by atoms with Crippen LogP contribution in [0.1, 0.15) is 40.7 Å². The molecule has 2 aromatic heterocycles. The van der Waals surface area contributed by atoms with E-state index in [9.17, 15) is 4.79 Å². The minimum Gasteiger partial charge on any atom is -0.357 e. The Morgan fingerprint density at radius 1 is 1.14 bits per heavy atom. The first-order chi connectivity index (χ1) is 13.6. The summed E-state index contributed by atoms with van der Waals surface area (Å²) < 4.78 is 0. The Morgan fingerprint density at radius 3 is 2.54 bits per heavy atom. The normalized spacial score (nSPS) is 13.7. The van der Waals surface area contributed by atoms with Gasteiger partial charge in [-0.3, -0.25) is 4.79 Å². The molecule has 4 rings (SSSR count). The van der Waals surface area contributed by atoms with Gasteiger partial charge in [-0.2, -0.15) is 0 Å². The van der Waals surface area contributed by atoms with Crippen molar-refractivity contribution in [3.05, 3.63) is 58.7 Å². The van der Waals surface area contributed by atoms with Gasteiger partial charge in [-0.05, 0) is 43.9 Å². The van der Waals surface area contributed by atoms with Crippen LogP contribution < -0.4 is 10.2 Å². The highest BCUT2D eigenvalue weighted by molar-refractivity contribution is 7.17. The Hall–Kier alpha value is -2.73. The number of carbonyl (C=O) groups is 1. The van der Waals surface area contributed by atoms with Gasteiger partial charge >= 0.3 is 0 Å². The summed E-state index contributed by atoms with van der Waals surface area (Å²) in [5.74, 6) is 0.837. The number of thiazole rings is 1. The molecule has 1 amide bonds. The van der Waals surface area contributed by atoms with Crippen LogP contribution in [-0.4, -0.2) is 29.0 Å². The zero-order chi connectivity index (χ0) is 19.5. The highest BCUT2D eigenvalue weighted by Crippen LogP contribution is 2.29. The van der Waals surface area contributed by atoms with Crippen molar-refractivity contribution in [3.63, 3.8) is 0 Å². The van der Waals surface area contributed by atoms with E-state index in [0.29, 0.717) is 10.6 Å². The van der Waals surface area contributed by atoms with Crippen molar-refractivity contribution < 1.29 is 4.79 Å². The minimum atomic E-state index is -0.137. The van der Waals surface area contributed by atoms with Crippen LogP contribution in [0.3, 0.4) is 0 Å². The van der Waals surface area contributed by atoms with Crippen molar-refractivity contribution in [1.82, 2.24) is 9.97 Å². The van der Waals surface area contributed by atoms with Gasteiger partial charge in [-0.1, -0.05) is 31.2 Å². The van der Waals surface area contributed by atoms with Crippen LogP contribution in [0.4, 0.5) is 11.5 Å². The fourth-order valence-electron chi connectivity index (χ4n) is 3.39. The van der Waals surface area contributed by atoms with E-state index >= 15 is 0 Å². The maximum absolute atomic E-state index is 12.7. The number of rotatable bonds is 5. The van der Waals surface area contributed by atoms with Gasteiger partial charge in [-0.15, -0.1) is 11.3 Å². The number of nitrogens with zero attached hydrogens (tertiary/aromatic N) is 3. The van der Waals surface area contributed by atoms with Crippen LogP contribution in [0.25, 0.3) is 10.6 Å². The number of carbonyl (C=O) groups excluding carboxylic acids is 1. The molecule has 0 spiro atoms. The summed E-state index contributed by atoms with van der Waals surface area (Å²) in [5, 5.41) is 3.82. The average molecular weight is 393 g/mol. The molecule has 144 valence electrons. The van der Waals surface area contributed by atoms with E-state index in [1.807, 2.05) is 19.1 Å². The number of hydrogen-bond donors (Lipinski definition) is 1. The fourth-order valence-corrected chi connectivity index (χ4v) is 4.36. The van der Waals surface area contributed by atoms with Gasteiger partial charge < -0.3 is 10.2 Å². The largest absolute Gasteiger partial charge is 0.357 e. The highest BCUT2D eigenvalue weighted by Gasteiger charge is 2.17. The lowest BCUT2D eigenvalue weighted by molar-refractivity contribution is 0.103. The number of aromatic nitrogens is 2. The summed E-state index contributed by atoms with van der Waals surface area (Å²) in [4.78, 5) is 24.8. The van der Waals surface area contributed by atoms with E-state index in [0.717, 1.165) is 41.6 Å². The second-order valence-electron chi connectivity index (χ2n) is 7.04. The van der Waals surface area contributed by atoms with E-state index in [4.69, 9.17) is 0 Å². The number of amides is 1. The molecule has 1 fully saturated rings. The van der Waals surface area contributed by atoms with Gasteiger partial charge in [0.05, 0.1) is 17.6 Å². The molecule has 5 nitrogen and oxygen atoms in total. The van der Waals surface area contributed by atoms with Crippen molar-refractivity contribution >= 4 is 28.7 Å². The molecular weight excluding hydrogens is 368 g/mol. The maximum Gasteiger partial charge on any atom is 0.267 e.